The van der Waals surface area contributed by atoms with Crippen LogP contribution in [0.3, 0.4) is 0 Å². The van der Waals surface area contributed by atoms with Crippen molar-refractivity contribution in [1.82, 2.24) is 4.98 Å². The van der Waals surface area contributed by atoms with Crippen molar-refractivity contribution in [2.45, 2.75) is 20.8 Å². The highest BCUT2D eigenvalue weighted by Gasteiger charge is 2.10. The molecule has 0 unspecified atom stereocenters. The predicted octanol–water partition coefficient (Wildman–Crippen LogP) is 5.47. The normalized spacial score (nSPS) is 11.6. The topological polar surface area (TPSA) is 12.9 Å². The summed E-state index contributed by atoms with van der Waals surface area (Å²) < 4.78 is 0. The van der Waals surface area contributed by atoms with Gasteiger partial charge < -0.3 is 0 Å². The van der Waals surface area contributed by atoms with Crippen molar-refractivity contribution in [3.8, 4) is 0 Å². The fourth-order valence-electron chi connectivity index (χ4n) is 3.40. The quantitative estimate of drug-likeness (QED) is 0.305. The van der Waals surface area contributed by atoms with Crippen LogP contribution in [0, 0.1) is 20.8 Å². The first kappa shape index (κ1) is 12.3. The molecule has 21 heavy (non-hydrogen) atoms. The number of rotatable bonds is 0. The van der Waals surface area contributed by atoms with Gasteiger partial charge in [-0.3, -0.25) is 0 Å². The minimum absolute atomic E-state index is 1.09. The molecule has 0 aliphatic rings. The van der Waals surface area contributed by atoms with Gasteiger partial charge in [0.05, 0.1) is 11.0 Å². The molecule has 0 saturated carbocycles. The van der Waals surface area contributed by atoms with Gasteiger partial charge in [-0.05, 0) is 54.8 Å². The third-order valence-corrected chi connectivity index (χ3v) is 4.36. The summed E-state index contributed by atoms with van der Waals surface area (Å²) in [5.74, 6) is 0. The number of aromatic nitrogens is 1. The molecule has 1 nitrogen and oxygen atoms in total. The van der Waals surface area contributed by atoms with Crippen LogP contribution in [0.2, 0.25) is 0 Å². The van der Waals surface area contributed by atoms with E-state index in [-0.39, 0.29) is 0 Å². The van der Waals surface area contributed by atoms with Crippen molar-refractivity contribution in [3.05, 3.63) is 65.2 Å². The highest BCUT2D eigenvalue weighted by molar-refractivity contribution is 6.12. The van der Waals surface area contributed by atoms with Gasteiger partial charge in [-0.15, -0.1) is 0 Å². The van der Waals surface area contributed by atoms with E-state index >= 15 is 0 Å². The molecule has 0 fully saturated rings. The summed E-state index contributed by atoms with van der Waals surface area (Å²) in [5.41, 5.74) is 6.10. The molecule has 0 N–H and O–H groups in total. The van der Waals surface area contributed by atoms with Gasteiger partial charge >= 0.3 is 0 Å². The van der Waals surface area contributed by atoms with E-state index in [1.165, 1.54) is 38.2 Å². The summed E-state index contributed by atoms with van der Waals surface area (Å²) in [6, 6.07) is 17.3. The smallest absolute Gasteiger partial charge is 0.0741 e. The Balaban J connectivity index is 2.31. The Morgan fingerprint density at radius 1 is 0.810 bits per heavy atom. The maximum Gasteiger partial charge on any atom is 0.0741 e. The summed E-state index contributed by atoms with van der Waals surface area (Å²) in [4.78, 5) is 4.93. The van der Waals surface area contributed by atoms with Crippen LogP contribution in [0.25, 0.3) is 32.6 Å². The Morgan fingerprint density at radius 3 is 2.48 bits per heavy atom. The molecule has 0 amide bonds. The lowest BCUT2D eigenvalue weighted by Crippen LogP contribution is -1.92. The molecule has 4 aromatic rings. The van der Waals surface area contributed by atoms with E-state index in [1.807, 2.05) is 0 Å². The first-order chi connectivity index (χ1) is 10.1. The molecule has 0 aliphatic heterocycles. The minimum atomic E-state index is 1.09. The highest BCUT2D eigenvalue weighted by Crippen LogP contribution is 2.32. The van der Waals surface area contributed by atoms with E-state index in [9.17, 15) is 0 Å². The van der Waals surface area contributed by atoms with Crippen LogP contribution in [0.4, 0.5) is 0 Å². The van der Waals surface area contributed by atoms with Crippen molar-refractivity contribution < 1.29 is 0 Å². The van der Waals surface area contributed by atoms with E-state index in [0.717, 1.165) is 11.0 Å². The van der Waals surface area contributed by atoms with Crippen LogP contribution in [0.1, 0.15) is 16.7 Å². The second kappa shape index (κ2) is 4.29. The van der Waals surface area contributed by atoms with Crippen molar-refractivity contribution in [1.29, 1.82) is 0 Å². The summed E-state index contributed by atoms with van der Waals surface area (Å²) >= 11 is 0. The molecule has 0 aliphatic carbocycles. The summed E-state index contributed by atoms with van der Waals surface area (Å²) in [7, 11) is 0. The molecule has 1 heterocycles. The molecule has 1 heteroatoms. The predicted molar refractivity (Wildman–Crippen MR) is 91.0 cm³/mol. The van der Waals surface area contributed by atoms with Gasteiger partial charge in [0, 0.05) is 10.8 Å². The van der Waals surface area contributed by atoms with Crippen LogP contribution in [0.5, 0.6) is 0 Å². The average Bonchev–Trinajstić information content (AvgIpc) is 2.48. The van der Waals surface area contributed by atoms with Crippen LogP contribution < -0.4 is 0 Å². The first-order valence-electron chi connectivity index (χ1n) is 7.34. The maximum atomic E-state index is 4.93. The van der Waals surface area contributed by atoms with Crippen LogP contribution in [0.15, 0.2) is 48.5 Å². The number of hydrogen-bond donors (Lipinski definition) is 0. The molecule has 4 rings (SSSR count). The molecular weight excluding hydrogens is 254 g/mol. The maximum absolute atomic E-state index is 4.93. The fourth-order valence-corrected chi connectivity index (χ4v) is 3.40. The van der Waals surface area contributed by atoms with Gasteiger partial charge in [-0.1, -0.05) is 42.0 Å². The zero-order valence-electron chi connectivity index (χ0n) is 12.6. The molecule has 102 valence electrons. The fraction of sp³-hybridized carbons (Fsp3) is 0.150. The van der Waals surface area contributed by atoms with E-state index in [4.69, 9.17) is 4.98 Å². The number of nitrogens with zero attached hydrogens (tertiary/aromatic N) is 1. The van der Waals surface area contributed by atoms with Crippen molar-refractivity contribution in [3.63, 3.8) is 0 Å². The second-order valence-corrected chi connectivity index (χ2v) is 5.90. The van der Waals surface area contributed by atoms with Crippen molar-refractivity contribution in [2.24, 2.45) is 0 Å². The Kier molecular flexibility index (Phi) is 2.52. The van der Waals surface area contributed by atoms with E-state index in [0.29, 0.717) is 0 Å². The van der Waals surface area contributed by atoms with Gasteiger partial charge in [0.1, 0.15) is 0 Å². The largest absolute Gasteiger partial charge is 0.247 e. The molecule has 0 atom stereocenters. The van der Waals surface area contributed by atoms with Crippen molar-refractivity contribution >= 4 is 32.6 Å². The summed E-state index contributed by atoms with van der Waals surface area (Å²) in [5, 5.41) is 5.13. The lowest BCUT2D eigenvalue weighted by Gasteiger charge is -2.12. The zero-order valence-corrected chi connectivity index (χ0v) is 12.6. The average molecular weight is 271 g/mol. The molecule has 0 radical (unpaired) electrons. The number of hydrogen-bond acceptors (Lipinski definition) is 1. The summed E-state index contributed by atoms with van der Waals surface area (Å²) in [6.07, 6.45) is 0. The molecule has 3 aromatic carbocycles. The SMILES string of the molecule is Cc1cc(C)c2nc3ccc4ccccc4c3c(C)c2c1. The molecule has 0 saturated heterocycles. The number of pyridine rings is 1. The second-order valence-electron chi connectivity index (χ2n) is 5.90. The van der Waals surface area contributed by atoms with E-state index in [2.05, 4.69) is 69.3 Å². The Morgan fingerprint density at radius 2 is 1.62 bits per heavy atom. The van der Waals surface area contributed by atoms with E-state index < -0.39 is 0 Å². The van der Waals surface area contributed by atoms with Gasteiger partial charge in [0.15, 0.2) is 0 Å². The lowest BCUT2D eigenvalue weighted by atomic mass is 9.96. The van der Waals surface area contributed by atoms with Gasteiger partial charge in [0.2, 0.25) is 0 Å². The monoisotopic (exact) mass is 271 g/mol. The number of benzene rings is 3. The molecule has 0 bridgehead atoms. The van der Waals surface area contributed by atoms with Gasteiger partial charge in [0.25, 0.3) is 0 Å². The first-order valence-corrected chi connectivity index (χ1v) is 7.34. The molecule has 1 aromatic heterocycles. The van der Waals surface area contributed by atoms with Gasteiger partial charge in [-0.25, -0.2) is 4.98 Å². The Bertz CT molecular complexity index is 1010. The molecule has 0 spiro atoms. The van der Waals surface area contributed by atoms with Gasteiger partial charge in [-0.2, -0.15) is 0 Å². The molecular formula is C20H17N. The number of aryl methyl sites for hydroxylation is 3. The standard InChI is InChI=1S/C20H17N/c1-12-10-13(2)20-17(11-12)14(3)19-16-7-5-4-6-15(16)8-9-18(19)21-20/h4-11H,1-3H3. The summed E-state index contributed by atoms with van der Waals surface area (Å²) in [6.45, 7) is 6.52. The third kappa shape index (κ3) is 1.74. The van der Waals surface area contributed by atoms with Crippen molar-refractivity contribution in [2.75, 3.05) is 0 Å². The number of fused-ring (bicyclic) bond motifs is 4. The minimum Gasteiger partial charge on any atom is -0.247 e. The highest BCUT2D eigenvalue weighted by atomic mass is 14.7. The Hall–Kier alpha value is -2.41. The van der Waals surface area contributed by atoms with Crippen LogP contribution in [-0.4, -0.2) is 4.98 Å². The van der Waals surface area contributed by atoms with Crippen LogP contribution >= 0.6 is 0 Å². The lowest BCUT2D eigenvalue weighted by molar-refractivity contribution is 1.36. The zero-order chi connectivity index (χ0) is 14.6. The van der Waals surface area contributed by atoms with Crippen LogP contribution in [-0.2, 0) is 0 Å². The third-order valence-electron chi connectivity index (χ3n) is 4.36. The Labute approximate surface area is 124 Å². The van der Waals surface area contributed by atoms with E-state index in [1.54, 1.807) is 0 Å².